The lowest BCUT2D eigenvalue weighted by atomic mass is 10.2. The number of halogens is 2. The maximum atomic E-state index is 11.7. The van der Waals surface area contributed by atoms with Crippen LogP contribution in [0.1, 0.15) is 20.3 Å². The van der Waals surface area contributed by atoms with Crippen LogP contribution in [0.2, 0.25) is 10.0 Å². The molecule has 1 aromatic carbocycles. The third kappa shape index (κ3) is 7.20. The Morgan fingerprint density at radius 2 is 1.90 bits per heavy atom. The fourth-order valence-corrected chi connectivity index (χ4v) is 1.91. The molecule has 1 aromatic rings. The van der Waals surface area contributed by atoms with Crippen molar-refractivity contribution < 1.29 is 9.59 Å². The molecule has 0 fully saturated rings. The third-order valence-electron chi connectivity index (χ3n) is 2.52. The molecule has 7 heteroatoms. The van der Waals surface area contributed by atoms with E-state index in [9.17, 15) is 9.59 Å². The van der Waals surface area contributed by atoms with Gasteiger partial charge in [0, 0.05) is 24.5 Å². The maximum Gasteiger partial charge on any atom is 0.319 e. The number of carbonyl (C=O) groups excluding carboxylic acids is 2. The number of benzene rings is 1. The fourth-order valence-electron chi connectivity index (χ4n) is 1.45. The highest BCUT2D eigenvalue weighted by Crippen LogP contribution is 2.25. The Morgan fingerprint density at radius 1 is 1.19 bits per heavy atom. The number of hydrogen-bond donors (Lipinski definition) is 3. The van der Waals surface area contributed by atoms with E-state index in [2.05, 4.69) is 16.0 Å². The van der Waals surface area contributed by atoms with Crippen LogP contribution in [0.3, 0.4) is 0 Å². The first-order valence-corrected chi connectivity index (χ1v) is 7.40. The lowest BCUT2D eigenvalue weighted by Crippen LogP contribution is -2.34. The SMILES string of the molecule is CC(C)CNC(=O)CCNC(=O)Nc1ccc(Cl)cc1Cl. The van der Waals surface area contributed by atoms with E-state index in [1.165, 1.54) is 6.07 Å². The molecule has 116 valence electrons. The van der Waals surface area contributed by atoms with Crippen LogP contribution >= 0.6 is 23.2 Å². The zero-order valence-electron chi connectivity index (χ0n) is 12.0. The molecule has 5 nitrogen and oxygen atoms in total. The predicted octanol–water partition coefficient (Wildman–Crippen LogP) is 3.28. The molecule has 0 aliphatic heterocycles. The zero-order chi connectivity index (χ0) is 15.8. The van der Waals surface area contributed by atoms with E-state index in [0.29, 0.717) is 28.2 Å². The van der Waals surface area contributed by atoms with Gasteiger partial charge in [-0.2, -0.15) is 0 Å². The van der Waals surface area contributed by atoms with Gasteiger partial charge in [-0.3, -0.25) is 4.79 Å². The quantitative estimate of drug-likeness (QED) is 0.748. The molecule has 0 aliphatic rings. The molecule has 3 amide bonds. The third-order valence-corrected chi connectivity index (χ3v) is 3.07. The molecule has 1 rings (SSSR count). The summed E-state index contributed by atoms with van der Waals surface area (Å²) >= 11 is 11.7. The van der Waals surface area contributed by atoms with Crippen molar-refractivity contribution in [3.8, 4) is 0 Å². The van der Waals surface area contributed by atoms with Crippen molar-refractivity contribution in [2.75, 3.05) is 18.4 Å². The van der Waals surface area contributed by atoms with Gasteiger partial charge in [-0.15, -0.1) is 0 Å². The van der Waals surface area contributed by atoms with Crippen LogP contribution in [0.15, 0.2) is 18.2 Å². The second-order valence-corrected chi connectivity index (χ2v) is 5.80. The monoisotopic (exact) mass is 331 g/mol. The molecular formula is C14H19Cl2N3O2. The van der Waals surface area contributed by atoms with Gasteiger partial charge in [-0.05, 0) is 24.1 Å². The zero-order valence-corrected chi connectivity index (χ0v) is 13.5. The van der Waals surface area contributed by atoms with E-state index in [-0.39, 0.29) is 18.9 Å². The van der Waals surface area contributed by atoms with E-state index in [1.807, 2.05) is 13.8 Å². The van der Waals surface area contributed by atoms with Crippen molar-refractivity contribution in [1.82, 2.24) is 10.6 Å². The Balaban J connectivity index is 2.29. The highest BCUT2D eigenvalue weighted by molar-refractivity contribution is 6.36. The van der Waals surface area contributed by atoms with Crippen LogP contribution in [-0.2, 0) is 4.79 Å². The minimum absolute atomic E-state index is 0.0893. The predicted molar refractivity (Wildman–Crippen MR) is 85.9 cm³/mol. The standard InChI is InChI=1S/C14H19Cl2N3O2/c1-9(2)8-18-13(20)5-6-17-14(21)19-12-4-3-10(15)7-11(12)16/h3-4,7,9H,5-6,8H2,1-2H3,(H,18,20)(H2,17,19,21). The molecule has 0 unspecified atom stereocenters. The molecular weight excluding hydrogens is 313 g/mol. The summed E-state index contributed by atoms with van der Waals surface area (Å²) in [6.45, 7) is 4.91. The lowest BCUT2D eigenvalue weighted by Gasteiger charge is -2.10. The van der Waals surface area contributed by atoms with E-state index in [4.69, 9.17) is 23.2 Å². The summed E-state index contributed by atoms with van der Waals surface area (Å²) in [5.41, 5.74) is 0.461. The number of amides is 3. The molecule has 0 heterocycles. The summed E-state index contributed by atoms with van der Waals surface area (Å²) in [6.07, 6.45) is 0.231. The van der Waals surface area contributed by atoms with E-state index in [1.54, 1.807) is 12.1 Å². The molecule has 0 aliphatic carbocycles. The summed E-state index contributed by atoms with van der Waals surface area (Å²) in [5, 5.41) is 8.80. The number of urea groups is 1. The van der Waals surface area contributed by atoms with Gasteiger partial charge in [0.1, 0.15) is 0 Å². The molecule has 0 spiro atoms. The Morgan fingerprint density at radius 3 is 2.52 bits per heavy atom. The molecule has 0 radical (unpaired) electrons. The Hall–Kier alpha value is -1.46. The molecule has 0 saturated heterocycles. The van der Waals surface area contributed by atoms with Gasteiger partial charge in [-0.1, -0.05) is 37.0 Å². The summed E-state index contributed by atoms with van der Waals surface area (Å²) in [6, 6.07) is 4.36. The van der Waals surface area contributed by atoms with Crippen molar-refractivity contribution in [2.45, 2.75) is 20.3 Å². The van der Waals surface area contributed by atoms with Gasteiger partial charge in [0.05, 0.1) is 10.7 Å². The molecule has 0 aromatic heterocycles. The van der Waals surface area contributed by atoms with Gasteiger partial charge in [0.25, 0.3) is 0 Å². The normalized spacial score (nSPS) is 10.3. The van der Waals surface area contributed by atoms with Crippen LogP contribution in [0, 0.1) is 5.92 Å². The Bertz CT molecular complexity index is 507. The smallest absolute Gasteiger partial charge is 0.319 e. The molecule has 21 heavy (non-hydrogen) atoms. The van der Waals surface area contributed by atoms with Crippen molar-refractivity contribution in [3.63, 3.8) is 0 Å². The van der Waals surface area contributed by atoms with Crippen LogP contribution < -0.4 is 16.0 Å². The first-order valence-electron chi connectivity index (χ1n) is 6.65. The summed E-state index contributed by atoms with van der Waals surface area (Å²) in [4.78, 5) is 23.1. The van der Waals surface area contributed by atoms with E-state index < -0.39 is 6.03 Å². The second-order valence-electron chi connectivity index (χ2n) is 4.95. The average molecular weight is 332 g/mol. The second kappa shape index (κ2) is 8.74. The number of anilines is 1. The molecule has 3 N–H and O–H groups in total. The number of nitrogens with one attached hydrogen (secondary N) is 3. The van der Waals surface area contributed by atoms with Crippen molar-refractivity contribution in [3.05, 3.63) is 28.2 Å². The molecule has 0 saturated carbocycles. The van der Waals surface area contributed by atoms with Crippen LogP contribution in [0.25, 0.3) is 0 Å². The highest BCUT2D eigenvalue weighted by Gasteiger charge is 2.07. The van der Waals surface area contributed by atoms with Crippen LogP contribution in [0.4, 0.5) is 10.5 Å². The van der Waals surface area contributed by atoms with Crippen molar-refractivity contribution in [2.24, 2.45) is 5.92 Å². The fraction of sp³-hybridized carbons (Fsp3) is 0.429. The maximum absolute atomic E-state index is 11.7. The topological polar surface area (TPSA) is 70.2 Å². The average Bonchev–Trinajstić information content (AvgIpc) is 2.39. The largest absolute Gasteiger partial charge is 0.356 e. The van der Waals surface area contributed by atoms with Crippen LogP contribution in [0.5, 0.6) is 0 Å². The van der Waals surface area contributed by atoms with Gasteiger partial charge < -0.3 is 16.0 Å². The van der Waals surface area contributed by atoms with Crippen LogP contribution in [-0.4, -0.2) is 25.0 Å². The molecule has 0 bridgehead atoms. The summed E-state index contributed by atoms with van der Waals surface area (Å²) < 4.78 is 0. The number of carbonyl (C=O) groups is 2. The first kappa shape index (κ1) is 17.6. The summed E-state index contributed by atoms with van der Waals surface area (Å²) in [5.74, 6) is 0.311. The van der Waals surface area contributed by atoms with E-state index in [0.717, 1.165) is 0 Å². The number of hydrogen-bond acceptors (Lipinski definition) is 2. The first-order chi connectivity index (χ1) is 9.88. The Kier molecular flexibility index (Phi) is 7.32. The Labute approximate surface area is 134 Å². The molecule has 0 atom stereocenters. The van der Waals surface area contributed by atoms with Crippen molar-refractivity contribution in [1.29, 1.82) is 0 Å². The minimum Gasteiger partial charge on any atom is -0.356 e. The summed E-state index contributed by atoms with van der Waals surface area (Å²) in [7, 11) is 0. The van der Waals surface area contributed by atoms with E-state index >= 15 is 0 Å². The number of rotatable bonds is 6. The van der Waals surface area contributed by atoms with Crippen molar-refractivity contribution >= 4 is 40.8 Å². The highest BCUT2D eigenvalue weighted by atomic mass is 35.5. The van der Waals surface area contributed by atoms with Gasteiger partial charge in [-0.25, -0.2) is 4.79 Å². The minimum atomic E-state index is -0.420. The van der Waals surface area contributed by atoms with Gasteiger partial charge >= 0.3 is 6.03 Å². The van der Waals surface area contributed by atoms with Gasteiger partial charge in [0.2, 0.25) is 5.91 Å². The lowest BCUT2D eigenvalue weighted by molar-refractivity contribution is -0.121. The van der Waals surface area contributed by atoms with Gasteiger partial charge in [0.15, 0.2) is 0 Å².